The van der Waals surface area contributed by atoms with Gasteiger partial charge in [0.05, 0.1) is 24.4 Å². The van der Waals surface area contributed by atoms with Gasteiger partial charge in [0, 0.05) is 29.1 Å². The van der Waals surface area contributed by atoms with Crippen molar-refractivity contribution < 1.29 is 19.0 Å². The Morgan fingerprint density at radius 3 is 2.55 bits per heavy atom. The number of H-pyrrole nitrogens is 1. The minimum atomic E-state index is -0.463. The van der Waals surface area contributed by atoms with Gasteiger partial charge in [0.1, 0.15) is 17.2 Å². The first kappa shape index (κ1) is 18.8. The summed E-state index contributed by atoms with van der Waals surface area (Å²) >= 11 is 0. The molecule has 0 radical (unpaired) electrons. The fourth-order valence-corrected chi connectivity index (χ4v) is 3.23. The van der Waals surface area contributed by atoms with E-state index in [4.69, 9.17) is 19.9 Å². The van der Waals surface area contributed by atoms with Gasteiger partial charge in [-0.1, -0.05) is 0 Å². The second-order valence-electron chi connectivity index (χ2n) is 6.53. The van der Waals surface area contributed by atoms with Crippen LogP contribution >= 0.6 is 0 Å². The van der Waals surface area contributed by atoms with E-state index in [9.17, 15) is 4.79 Å². The number of aromatic amines is 1. The second-order valence-corrected chi connectivity index (χ2v) is 6.53. The number of pyridine rings is 1. The monoisotopic (exact) mass is 391 g/mol. The molecule has 7 heteroatoms. The number of ether oxygens (including phenoxy) is 3. The van der Waals surface area contributed by atoms with Gasteiger partial charge in [0.2, 0.25) is 0 Å². The number of aromatic nitrogens is 2. The third-order valence-electron chi connectivity index (χ3n) is 4.52. The van der Waals surface area contributed by atoms with Crippen molar-refractivity contribution >= 4 is 33.5 Å². The van der Waals surface area contributed by atoms with Crippen molar-refractivity contribution in [3.63, 3.8) is 0 Å². The van der Waals surface area contributed by atoms with Gasteiger partial charge in [-0.15, -0.1) is 0 Å². The summed E-state index contributed by atoms with van der Waals surface area (Å²) < 4.78 is 16.3. The maximum Gasteiger partial charge on any atom is 0.356 e. The van der Waals surface area contributed by atoms with Crippen LogP contribution in [0.4, 0.5) is 5.69 Å². The molecule has 0 saturated carbocycles. The van der Waals surface area contributed by atoms with Crippen molar-refractivity contribution in [2.45, 2.75) is 13.5 Å². The van der Waals surface area contributed by atoms with Gasteiger partial charge in [-0.05, 0) is 55.5 Å². The largest absolute Gasteiger partial charge is 0.461 e. The van der Waals surface area contributed by atoms with Crippen molar-refractivity contribution in [2.24, 2.45) is 0 Å². The number of anilines is 1. The van der Waals surface area contributed by atoms with E-state index in [2.05, 4.69) is 9.97 Å². The molecule has 0 aliphatic carbocycles. The zero-order valence-corrected chi connectivity index (χ0v) is 16.2. The zero-order chi connectivity index (χ0) is 20.4. The fourth-order valence-electron chi connectivity index (χ4n) is 3.23. The molecule has 0 spiro atoms. The normalized spacial score (nSPS) is 11.1. The average molecular weight is 391 g/mol. The van der Waals surface area contributed by atoms with Crippen molar-refractivity contribution in [1.29, 1.82) is 0 Å². The minimum absolute atomic E-state index is 0.247. The second kappa shape index (κ2) is 7.81. The number of carbonyl (C=O) groups excluding carboxylic acids is 1. The molecule has 0 atom stereocenters. The molecule has 2 aromatic carbocycles. The van der Waals surface area contributed by atoms with Gasteiger partial charge in [-0.2, -0.15) is 0 Å². The van der Waals surface area contributed by atoms with Crippen LogP contribution < -0.4 is 10.5 Å². The average Bonchev–Trinajstić information content (AvgIpc) is 3.08. The molecule has 0 saturated heterocycles. The molecule has 0 fully saturated rings. The van der Waals surface area contributed by atoms with E-state index >= 15 is 0 Å². The van der Waals surface area contributed by atoms with Crippen LogP contribution in [0.15, 0.2) is 48.5 Å². The molecule has 0 amide bonds. The summed E-state index contributed by atoms with van der Waals surface area (Å²) in [5.41, 5.74) is 9.02. The maximum absolute atomic E-state index is 12.3. The van der Waals surface area contributed by atoms with E-state index in [1.165, 1.54) is 0 Å². The highest BCUT2D eigenvalue weighted by molar-refractivity contribution is 6.10. The highest BCUT2D eigenvalue weighted by Crippen LogP contribution is 2.32. The molecule has 7 nitrogen and oxygen atoms in total. The number of carbonyl (C=O) groups is 1. The topological polar surface area (TPSA) is 99.5 Å². The van der Waals surface area contributed by atoms with E-state index in [0.29, 0.717) is 22.9 Å². The molecule has 0 unspecified atom stereocenters. The molecule has 29 heavy (non-hydrogen) atoms. The van der Waals surface area contributed by atoms with Crippen LogP contribution in [0.3, 0.4) is 0 Å². The van der Waals surface area contributed by atoms with E-state index in [1.54, 1.807) is 32.2 Å². The van der Waals surface area contributed by atoms with Crippen molar-refractivity contribution in [1.82, 2.24) is 9.97 Å². The molecular formula is C22H21N3O4. The Bertz CT molecular complexity index is 1180. The Kier molecular flexibility index (Phi) is 5.05. The van der Waals surface area contributed by atoms with E-state index in [0.717, 1.165) is 21.8 Å². The summed E-state index contributed by atoms with van der Waals surface area (Å²) in [6.07, 6.45) is 0. The number of nitrogens with one attached hydrogen (secondary N) is 1. The number of hydrogen-bond acceptors (Lipinski definition) is 6. The SMILES string of the molecule is CCOC(=O)c1cc2c([nH]c3ccc(Oc4ccc(N)cc4)cc32)c(COC)n1. The highest BCUT2D eigenvalue weighted by atomic mass is 16.5. The van der Waals surface area contributed by atoms with Gasteiger partial charge >= 0.3 is 5.97 Å². The lowest BCUT2D eigenvalue weighted by Crippen LogP contribution is -2.09. The lowest BCUT2D eigenvalue weighted by molar-refractivity contribution is 0.0519. The first-order chi connectivity index (χ1) is 14.1. The lowest BCUT2D eigenvalue weighted by atomic mass is 10.1. The quantitative estimate of drug-likeness (QED) is 0.373. The molecule has 0 aliphatic rings. The van der Waals surface area contributed by atoms with Crippen molar-refractivity contribution in [2.75, 3.05) is 19.5 Å². The third kappa shape index (κ3) is 3.72. The first-order valence-corrected chi connectivity index (χ1v) is 9.24. The Morgan fingerprint density at radius 1 is 1.07 bits per heavy atom. The highest BCUT2D eigenvalue weighted by Gasteiger charge is 2.17. The molecule has 2 aromatic heterocycles. The number of benzene rings is 2. The summed E-state index contributed by atoms with van der Waals surface area (Å²) in [5.74, 6) is 0.897. The van der Waals surface area contributed by atoms with E-state index < -0.39 is 5.97 Å². The number of rotatable bonds is 6. The third-order valence-corrected chi connectivity index (χ3v) is 4.52. The van der Waals surface area contributed by atoms with Crippen molar-refractivity contribution in [3.8, 4) is 11.5 Å². The molecule has 2 heterocycles. The smallest absolute Gasteiger partial charge is 0.356 e. The molecule has 3 N–H and O–H groups in total. The number of nitrogens with zero attached hydrogens (tertiary/aromatic N) is 1. The van der Waals surface area contributed by atoms with Crippen LogP contribution in [0.2, 0.25) is 0 Å². The van der Waals surface area contributed by atoms with Crippen LogP contribution in [0.5, 0.6) is 11.5 Å². The van der Waals surface area contributed by atoms with Crippen LogP contribution in [-0.4, -0.2) is 29.7 Å². The zero-order valence-electron chi connectivity index (χ0n) is 16.2. The van der Waals surface area contributed by atoms with Gasteiger partial charge in [-0.3, -0.25) is 0 Å². The summed E-state index contributed by atoms with van der Waals surface area (Å²) in [6.45, 7) is 2.32. The number of esters is 1. The number of hydrogen-bond donors (Lipinski definition) is 2. The van der Waals surface area contributed by atoms with Gasteiger partial charge < -0.3 is 24.9 Å². The van der Waals surface area contributed by atoms with Crippen LogP contribution in [-0.2, 0) is 16.1 Å². The Balaban J connectivity index is 1.82. The standard InChI is InChI=1S/C22H21N3O4/c1-3-28-22(26)19-11-17-16-10-15(29-14-6-4-13(23)5-7-14)8-9-18(16)25-21(17)20(24-19)12-27-2/h4-11,25H,3,12,23H2,1-2H3. The van der Waals surface area contributed by atoms with Gasteiger partial charge in [0.25, 0.3) is 0 Å². The summed E-state index contributed by atoms with van der Waals surface area (Å²) in [6, 6.07) is 14.7. The van der Waals surface area contributed by atoms with Crippen LogP contribution in [0.1, 0.15) is 23.1 Å². The lowest BCUT2D eigenvalue weighted by Gasteiger charge is -2.07. The first-order valence-electron chi connectivity index (χ1n) is 9.24. The molecule has 4 rings (SSSR count). The van der Waals surface area contributed by atoms with Gasteiger partial charge in [-0.25, -0.2) is 9.78 Å². The predicted molar refractivity (Wildman–Crippen MR) is 111 cm³/mol. The molecule has 0 aliphatic heterocycles. The number of fused-ring (bicyclic) bond motifs is 3. The Morgan fingerprint density at radius 2 is 1.83 bits per heavy atom. The van der Waals surface area contributed by atoms with E-state index in [-0.39, 0.29) is 18.9 Å². The van der Waals surface area contributed by atoms with Crippen LogP contribution in [0, 0.1) is 0 Å². The Labute approximate surface area is 167 Å². The number of methoxy groups -OCH3 is 1. The Hall–Kier alpha value is -3.58. The maximum atomic E-state index is 12.3. The molecular weight excluding hydrogens is 370 g/mol. The fraction of sp³-hybridized carbons (Fsp3) is 0.182. The van der Waals surface area contributed by atoms with Crippen molar-refractivity contribution in [3.05, 3.63) is 59.9 Å². The van der Waals surface area contributed by atoms with Crippen LogP contribution in [0.25, 0.3) is 21.8 Å². The number of nitrogen functional groups attached to an aromatic ring is 1. The molecule has 4 aromatic rings. The number of nitrogens with two attached hydrogens (primary N) is 1. The minimum Gasteiger partial charge on any atom is -0.461 e. The van der Waals surface area contributed by atoms with E-state index in [1.807, 2.05) is 30.3 Å². The van der Waals surface area contributed by atoms with Gasteiger partial charge in [0.15, 0.2) is 0 Å². The summed E-state index contributed by atoms with van der Waals surface area (Å²) in [7, 11) is 1.59. The molecule has 148 valence electrons. The summed E-state index contributed by atoms with van der Waals surface area (Å²) in [4.78, 5) is 20.1. The summed E-state index contributed by atoms with van der Waals surface area (Å²) in [5, 5.41) is 1.77. The predicted octanol–water partition coefficient (Wildman–Crippen LogP) is 4.41. The molecule has 0 bridgehead atoms.